The van der Waals surface area contributed by atoms with Crippen molar-refractivity contribution in [3.8, 4) is 0 Å². The molecule has 0 aromatic heterocycles. The maximum atomic E-state index is 5.76. The standard InChI is InChI=1S/C19H31NO/c1-3-14-20-18(12-13-19-9-6-15-21-19)11-10-17-8-5-4-7-16(17)2/h4-5,7-8,18-20H,3,6,9-15H2,1-2H3. The minimum Gasteiger partial charge on any atom is -0.378 e. The van der Waals surface area contributed by atoms with Crippen LogP contribution in [0, 0.1) is 6.92 Å². The lowest BCUT2D eigenvalue weighted by atomic mass is 9.97. The van der Waals surface area contributed by atoms with Gasteiger partial charge in [-0.15, -0.1) is 0 Å². The molecule has 2 atom stereocenters. The molecule has 21 heavy (non-hydrogen) atoms. The van der Waals surface area contributed by atoms with Crippen LogP contribution in [0.2, 0.25) is 0 Å². The molecule has 0 radical (unpaired) electrons. The molecule has 0 amide bonds. The maximum Gasteiger partial charge on any atom is 0.0576 e. The van der Waals surface area contributed by atoms with Crippen LogP contribution in [0.1, 0.15) is 56.6 Å². The van der Waals surface area contributed by atoms with E-state index in [1.165, 1.54) is 56.1 Å². The van der Waals surface area contributed by atoms with E-state index < -0.39 is 0 Å². The van der Waals surface area contributed by atoms with Crippen molar-refractivity contribution in [1.29, 1.82) is 0 Å². The summed E-state index contributed by atoms with van der Waals surface area (Å²) in [5, 5.41) is 3.73. The molecule has 1 aliphatic rings. The SMILES string of the molecule is CCCNC(CCc1ccccc1C)CCC1CCCO1. The van der Waals surface area contributed by atoms with Gasteiger partial charge < -0.3 is 10.1 Å². The Morgan fingerprint density at radius 3 is 2.86 bits per heavy atom. The number of hydrogen-bond donors (Lipinski definition) is 1. The molecule has 1 fully saturated rings. The van der Waals surface area contributed by atoms with Gasteiger partial charge in [0.2, 0.25) is 0 Å². The number of benzene rings is 1. The van der Waals surface area contributed by atoms with Crippen LogP contribution < -0.4 is 5.32 Å². The number of nitrogens with one attached hydrogen (secondary N) is 1. The van der Waals surface area contributed by atoms with Crippen molar-refractivity contribution in [1.82, 2.24) is 5.32 Å². The Balaban J connectivity index is 1.79. The van der Waals surface area contributed by atoms with Crippen LogP contribution in [-0.2, 0) is 11.2 Å². The number of ether oxygens (including phenoxy) is 1. The second-order valence-electron chi connectivity index (χ2n) is 6.33. The quantitative estimate of drug-likeness (QED) is 0.733. The summed E-state index contributed by atoms with van der Waals surface area (Å²) in [6, 6.07) is 9.41. The van der Waals surface area contributed by atoms with E-state index in [1.807, 2.05) is 0 Å². The molecule has 0 aliphatic carbocycles. The highest BCUT2D eigenvalue weighted by Crippen LogP contribution is 2.19. The zero-order chi connectivity index (χ0) is 14.9. The zero-order valence-corrected chi connectivity index (χ0v) is 13.7. The molecule has 1 aliphatic heterocycles. The summed E-state index contributed by atoms with van der Waals surface area (Å²) in [4.78, 5) is 0. The third-order valence-electron chi connectivity index (χ3n) is 4.57. The first-order valence-electron chi connectivity index (χ1n) is 8.69. The Labute approximate surface area is 130 Å². The van der Waals surface area contributed by atoms with Gasteiger partial charge in [0, 0.05) is 12.6 Å². The fourth-order valence-electron chi connectivity index (χ4n) is 3.18. The van der Waals surface area contributed by atoms with E-state index in [1.54, 1.807) is 0 Å². The highest BCUT2D eigenvalue weighted by Gasteiger charge is 2.17. The third kappa shape index (κ3) is 5.80. The molecule has 0 bridgehead atoms. The normalized spacial score (nSPS) is 19.8. The average molecular weight is 289 g/mol. The van der Waals surface area contributed by atoms with Gasteiger partial charge in [0.25, 0.3) is 0 Å². The molecule has 2 heteroatoms. The largest absolute Gasteiger partial charge is 0.378 e. The fourth-order valence-corrected chi connectivity index (χ4v) is 3.18. The molecule has 1 heterocycles. The Morgan fingerprint density at radius 2 is 2.14 bits per heavy atom. The third-order valence-corrected chi connectivity index (χ3v) is 4.57. The van der Waals surface area contributed by atoms with Gasteiger partial charge in [-0.25, -0.2) is 0 Å². The van der Waals surface area contributed by atoms with Crippen molar-refractivity contribution < 1.29 is 4.74 Å². The first-order chi connectivity index (χ1) is 10.3. The van der Waals surface area contributed by atoms with Crippen molar-refractivity contribution >= 4 is 0 Å². The molecule has 118 valence electrons. The summed E-state index contributed by atoms with van der Waals surface area (Å²) >= 11 is 0. The van der Waals surface area contributed by atoms with E-state index in [0.29, 0.717) is 12.1 Å². The summed E-state index contributed by atoms with van der Waals surface area (Å²) in [6.45, 7) is 6.56. The molecule has 1 saturated heterocycles. The van der Waals surface area contributed by atoms with Crippen LogP contribution in [0.5, 0.6) is 0 Å². The van der Waals surface area contributed by atoms with Gasteiger partial charge >= 0.3 is 0 Å². The van der Waals surface area contributed by atoms with Crippen molar-refractivity contribution in [3.63, 3.8) is 0 Å². The van der Waals surface area contributed by atoms with Crippen LogP contribution in [0.3, 0.4) is 0 Å². The molecule has 2 unspecified atom stereocenters. The van der Waals surface area contributed by atoms with Crippen LogP contribution >= 0.6 is 0 Å². The van der Waals surface area contributed by atoms with Gasteiger partial charge in [-0.2, -0.15) is 0 Å². The maximum absolute atomic E-state index is 5.76. The molecule has 1 aromatic rings. The fraction of sp³-hybridized carbons (Fsp3) is 0.684. The molecular formula is C19H31NO. The van der Waals surface area contributed by atoms with E-state index in [9.17, 15) is 0 Å². The second kappa shape index (κ2) is 9.22. The number of hydrogen-bond acceptors (Lipinski definition) is 2. The molecule has 2 rings (SSSR count). The first kappa shape index (κ1) is 16.5. The second-order valence-corrected chi connectivity index (χ2v) is 6.33. The molecule has 0 spiro atoms. The topological polar surface area (TPSA) is 21.3 Å². The van der Waals surface area contributed by atoms with Gasteiger partial charge in [-0.3, -0.25) is 0 Å². The van der Waals surface area contributed by atoms with Crippen molar-refractivity contribution in [3.05, 3.63) is 35.4 Å². The average Bonchev–Trinajstić information content (AvgIpc) is 3.01. The van der Waals surface area contributed by atoms with Crippen LogP contribution in [0.15, 0.2) is 24.3 Å². The van der Waals surface area contributed by atoms with E-state index in [4.69, 9.17) is 4.74 Å². The summed E-state index contributed by atoms with van der Waals surface area (Å²) in [6.07, 6.45) is 9.12. The van der Waals surface area contributed by atoms with Gasteiger partial charge in [-0.05, 0) is 69.5 Å². The molecular weight excluding hydrogens is 258 g/mol. The smallest absolute Gasteiger partial charge is 0.0576 e. The Morgan fingerprint density at radius 1 is 1.29 bits per heavy atom. The van der Waals surface area contributed by atoms with E-state index in [-0.39, 0.29) is 0 Å². The highest BCUT2D eigenvalue weighted by molar-refractivity contribution is 5.25. The van der Waals surface area contributed by atoms with E-state index in [0.717, 1.165) is 13.2 Å². The summed E-state index contributed by atoms with van der Waals surface area (Å²) in [5.41, 5.74) is 2.92. The Bertz CT molecular complexity index is 398. The lowest BCUT2D eigenvalue weighted by molar-refractivity contribution is 0.0993. The predicted molar refractivity (Wildman–Crippen MR) is 89.8 cm³/mol. The van der Waals surface area contributed by atoms with Crippen LogP contribution in [0.4, 0.5) is 0 Å². The lowest BCUT2D eigenvalue weighted by Crippen LogP contribution is -2.31. The van der Waals surface area contributed by atoms with Crippen LogP contribution in [0.25, 0.3) is 0 Å². The lowest BCUT2D eigenvalue weighted by Gasteiger charge is -2.20. The Hall–Kier alpha value is -0.860. The summed E-state index contributed by atoms with van der Waals surface area (Å²) in [7, 11) is 0. The van der Waals surface area contributed by atoms with Crippen molar-refractivity contribution in [2.75, 3.05) is 13.2 Å². The van der Waals surface area contributed by atoms with Gasteiger partial charge in [0.1, 0.15) is 0 Å². The van der Waals surface area contributed by atoms with Gasteiger partial charge in [-0.1, -0.05) is 31.2 Å². The summed E-state index contributed by atoms with van der Waals surface area (Å²) in [5.74, 6) is 0. The van der Waals surface area contributed by atoms with Crippen molar-refractivity contribution in [2.45, 2.75) is 70.9 Å². The van der Waals surface area contributed by atoms with E-state index in [2.05, 4.69) is 43.4 Å². The molecule has 0 saturated carbocycles. The van der Waals surface area contributed by atoms with Crippen LogP contribution in [-0.4, -0.2) is 25.3 Å². The monoisotopic (exact) mass is 289 g/mol. The first-order valence-corrected chi connectivity index (χ1v) is 8.69. The molecule has 1 aromatic carbocycles. The predicted octanol–water partition coefficient (Wildman–Crippen LogP) is 4.26. The highest BCUT2D eigenvalue weighted by atomic mass is 16.5. The van der Waals surface area contributed by atoms with Gasteiger partial charge in [0.05, 0.1) is 6.10 Å². The molecule has 1 N–H and O–H groups in total. The summed E-state index contributed by atoms with van der Waals surface area (Å²) < 4.78 is 5.76. The number of rotatable bonds is 9. The minimum atomic E-state index is 0.523. The molecule has 2 nitrogen and oxygen atoms in total. The zero-order valence-electron chi connectivity index (χ0n) is 13.7. The number of aryl methyl sites for hydroxylation is 2. The van der Waals surface area contributed by atoms with Crippen molar-refractivity contribution in [2.24, 2.45) is 0 Å². The Kier molecular flexibility index (Phi) is 7.25. The van der Waals surface area contributed by atoms with Gasteiger partial charge in [0.15, 0.2) is 0 Å². The minimum absolute atomic E-state index is 0.523. The van der Waals surface area contributed by atoms with E-state index >= 15 is 0 Å².